The molecule has 4 rings (SSSR count). The number of hydrogen-bond acceptors (Lipinski definition) is 5. The number of rotatable bonds is 7. The van der Waals surface area contributed by atoms with E-state index in [1.54, 1.807) is 7.05 Å². The number of aliphatic imine (C=N–C) groups is 1. The summed E-state index contributed by atoms with van der Waals surface area (Å²) in [6.07, 6.45) is 1.25. The van der Waals surface area contributed by atoms with Gasteiger partial charge in [-0.15, -0.1) is 0 Å². The molecule has 36 heavy (non-hydrogen) atoms. The second kappa shape index (κ2) is 11.0. The number of para-hydroxylation sites is 1. The fraction of sp³-hybridized carbons (Fsp3) is 0.429. The topological polar surface area (TPSA) is 111 Å². The molecule has 1 aliphatic heterocycles. The molecule has 2 unspecified atom stereocenters. The first kappa shape index (κ1) is 25.6. The van der Waals surface area contributed by atoms with Crippen LogP contribution in [0.3, 0.4) is 0 Å². The summed E-state index contributed by atoms with van der Waals surface area (Å²) in [5, 5.41) is 16.0. The lowest BCUT2D eigenvalue weighted by Gasteiger charge is -2.27. The SMILES string of the molecule is CC(C)[C@H](NC(=O)C(O)C1CCCC1)C(=O)NC1N=C(c2ccccc2)c2ccccc2N(C)C1=O. The minimum absolute atomic E-state index is 0.0884. The van der Waals surface area contributed by atoms with Crippen molar-refractivity contribution in [2.24, 2.45) is 16.8 Å². The third-order valence-corrected chi connectivity index (χ3v) is 7.03. The number of benzene rings is 2. The van der Waals surface area contributed by atoms with Crippen LogP contribution < -0.4 is 15.5 Å². The van der Waals surface area contributed by atoms with Crippen LogP contribution in [0.15, 0.2) is 59.6 Å². The van der Waals surface area contributed by atoms with E-state index in [4.69, 9.17) is 4.99 Å². The Labute approximate surface area is 211 Å². The van der Waals surface area contributed by atoms with Gasteiger partial charge >= 0.3 is 0 Å². The molecule has 3 atom stereocenters. The van der Waals surface area contributed by atoms with Gasteiger partial charge in [0.05, 0.1) is 11.4 Å². The maximum atomic E-state index is 13.4. The summed E-state index contributed by atoms with van der Waals surface area (Å²) in [7, 11) is 1.66. The van der Waals surface area contributed by atoms with E-state index in [0.29, 0.717) is 11.4 Å². The van der Waals surface area contributed by atoms with Crippen molar-refractivity contribution in [2.75, 3.05) is 11.9 Å². The highest BCUT2D eigenvalue weighted by atomic mass is 16.3. The summed E-state index contributed by atoms with van der Waals surface area (Å²) in [6, 6.07) is 16.1. The standard InChI is InChI=1S/C28H34N4O4/c1-17(2)22(30-27(35)24(33)19-13-7-8-14-19)26(34)31-25-28(36)32(3)21-16-10-9-15-20(21)23(29-25)18-11-5-4-6-12-18/h4-6,9-12,15-17,19,22,24-25,33H,7-8,13-14H2,1-3H3,(H,30,35)(H,31,34)/t22-,24?,25?/m0/s1. The first-order valence-corrected chi connectivity index (χ1v) is 12.6. The average Bonchev–Trinajstić information content (AvgIpc) is 3.40. The van der Waals surface area contributed by atoms with E-state index in [2.05, 4.69) is 10.6 Å². The van der Waals surface area contributed by atoms with Gasteiger partial charge in [0.2, 0.25) is 18.0 Å². The van der Waals surface area contributed by atoms with Crippen LogP contribution in [-0.2, 0) is 14.4 Å². The summed E-state index contributed by atoms with van der Waals surface area (Å²) in [5.41, 5.74) is 2.89. The highest BCUT2D eigenvalue weighted by molar-refractivity contribution is 6.20. The van der Waals surface area contributed by atoms with Crippen LogP contribution in [-0.4, -0.2) is 53.9 Å². The second-order valence-electron chi connectivity index (χ2n) is 9.89. The average molecular weight is 491 g/mol. The molecule has 3 amide bonds. The van der Waals surface area contributed by atoms with E-state index < -0.39 is 30.1 Å². The molecule has 8 nitrogen and oxygen atoms in total. The van der Waals surface area contributed by atoms with Gasteiger partial charge in [0.1, 0.15) is 12.1 Å². The number of aliphatic hydroxyl groups excluding tert-OH is 1. The minimum atomic E-state index is -1.18. The predicted molar refractivity (Wildman–Crippen MR) is 139 cm³/mol. The summed E-state index contributed by atoms with van der Waals surface area (Å²) in [4.78, 5) is 45.7. The van der Waals surface area contributed by atoms with Crippen LogP contribution in [0.5, 0.6) is 0 Å². The largest absolute Gasteiger partial charge is 0.383 e. The number of carbonyl (C=O) groups excluding carboxylic acids is 3. The zero-order valence-electron chi connectivity index (χ0n) is 21.0. The molecule has 1 fully saturated rings. The number of carbonyl (C=O) groups is 3. The molecule has 0 spiro atoms. The van der Waals surface area contributed by atoms with Crippen molar-refractivity contribution >= 4 is 29.1 Å². The molecule has 1 heterocycles. The Bertz CT molecular complexity index is 1140. The van der Waals surface area contributed by atoms with Gasteiger partial charge in [0, 0.05) is 18.2 Å². The van der Waals surface area contributed by atoms with Crippen molar-refractivity contribution in [3.05, 3.63) is 65.7 Å². The molecule has 1 saturated carbocycles. The molecule has 3 N–H and O–H groups in total. The number of likely N-dealkylation sites (N-methyl/N-ethyl adjacent to an activating group) is 1. The van der Waals surface area contributed by atoms with Crippen LogP contribution in [0.25, 0.3) is 0 Å². The third-order valence-electron chi connectivity index (χ3n) is 7.03. The summed E-state index contributed by atoms with van der Waals surface area (Å²) in [5.74, 6) is -1.82. The van der Waals surface area contributed by atoms with Crippen molar-refractivity contribution < 1.29 is 19.5 Å². The zero-order valence-corrected chi connectivity index (χ0v) is 21.0. The maximum absolute atomic E-state index is 13.4. The van der Waals surface area contributed by atoms with Crippen LogP contribution >= 0.6 is 0 Å². The normalized spacial score (nSPS) is 19.8. The molecule has 8 heteroatoms. The highest BCUT2D eigenvalue weighted by Gasteiger charge is 2.36. The Morgan fingerprint density at radius 3 is 2.31 bits per heavy atom. The third kappa shape index (κ3) is 5.33. The van der Waals surface area contributed by atoms with Crippen LogP contribution in [0.4, 0.5) is 5.69 Å². The molecule has 1 aliphatic carbocycles. The number of nitrogens with zero attached hydrogens (tertiary/aromatic N) is 2. The molecular weight excluding hydrogens is 456 g/mol. The number of anilines is 1. The predicted octanol–water partition coefficient (Wildman–Crippen LogP) is 2.63. The Balaban J connectivity index is 1.60. The van der Waals surface area contributed by atoms with E-state index in [1.165, 1.54) is 4.90 Å². The van der Waals surface area contributed by atoms with Crippen LogP contribution in [0.1, 0.15) is 50.7 Å². The maximum Gasteiger partial charge on any atom is 0.272 e. The fourth-order valence-corrected chi connectivity index (χ4v) is 4.93. The molecule has 0 saturated heterocycles. The first-order chi connectivity index (χ1) is 17.3. The van der Waals surface area contributed by atoms with Gasteiger partial charge in [-0.25, -0.2) is 4.99 Å². The van der Waals surface area contributed by atoms with Gasteiger partial charge in [0.15, 0.2) is 0 Å². The smallest absolute Gasteiger partial charge is 0.272 e. The highest BCUT2D eigenvalue weighted by Crippen LogP contribution is 2.29. The first-order valence-electron chi connectivity index (χ1n) is 12.6. The van der Waals surface area contributed by atoms with E-state index >= 15 is 0 Å². The van der Waals surface area contributed by atoms with Crippen molar-refractivity contribution in [2.45, 2.75) is 57.8 Å². The van der Waals surface area contributed by atoms with Crippen molar-refractivity contribution in [1.29, 1.82) is 0 Å². The lowest BCUT2D eigenvalue weighted by Crippen LogP contribution is -2.56. The van der Waals surface area contributed by atoms with Crippen molar-refractivity contribution in [3.63, 3.8) is 0 Å². The van der Waals surface area contributed by atoms with Gasteiger partial charge in [-0.2, -0.15) is 0 Å². The molecule has 2 aliphatic rings. The lowest BCUT2D eigenvalue weighted by molar-refractivity contribution is -0.137. The number of hydrogen-bond donors (Lipinski definition) is 3. The minimum Gasteiger partial charge on any atom is -0.383 e. The van der Waals surface area contributed by atoms with Gasteiger partial charge in [-0.3, -0.25) is 14.4 Å². The fourth-order valence-electron chi connectivity index (χ4n) is 4.93. The van der Waals surface area contributed by atoms with Crippen molar-refractivity contribution in [3.8, 4) is 0 Å². The Morgan fingerprint density at radius 1 is 1.00 bits per heavy atom. The summed E-state index contributed by atoms with van der Waals surface area (Å²) in [6.45, 7) is 3.62. The Kier molecular flexibility index (Phi) is 7.84. The molecule has 190 valence electrons. The van der Waals surface area contributed by atoms with Gasteiger partial charge in [-0.05, 0) is 30.7 Å². The Hall–Kier alpha value is -3.52. The lowest BCUT2D eigenvalue weighted by atomic mass is 9.98. The molecule has 2 aromatic carbocycles. The van der Waals surface area contributed by atoms with Crippen LogP contribution in [0.2, 0.25) is 0 Å². The quantitative estimate of drug-likeness (QED) is 0.554. The monoisotopic (exact) mass is 490 g/mol. The van der Waals surface area contributed by atoms with Gasteiger partial charge in [0.25, 0.3) is 5.91 Å². The summed E-state index contributed by atoms with van der Waals surface area (Å²) >= 11 is 0. The number of benzodiazepines with no additional fused rings is 1. The number of aliphatic hydroxyl groups is 1. The second-order valence-corrected chi connectivity index (χ2v) is 9.89. The molecule has 0 bridgehead atoms. The van der Waals surface area contributed by atoms with E-state index in [-0.39, 0.29) is 17.7 Å². The van der Waals surface area contributed by atoms with Gasteiger partial charge < -0.3 is 20.6 Å². The van der Waals surface area contributed by atoms with E-state index in [0.717, 1.165) is 36.8 Å². The molecular formula is C28H34N4O4. The van der Waals surface area contributed by atoms with E-state index in [9.17, 15) is 19.5 Å². The molecule has 0 aromatic heterocycles. The van der Waals surface area contributed by atoms with E-state index in [1.807, 2.05) is 68.4 Å². The van der Waals surface area contributed by atoms with Gasteiger partial charge in [-0.1, -0.05) is 75.2 Å². The molecule has 0 radical (unpaired) electrons. The number of fused-ring (bicyclic) bond motifs is 1. The molecule has 2 aromatic rings. The van der Waals surface area contributed by atoms with Crippen LogP contribution in [0, 0.1) is 11.8 Å². The van der Waals surface area contributed by atoms with Crippen molar-refractivity contribution in [1.82, 2.24) is 10.6 Å². The number of amides is 3. The summed E-state index contributed by atoms with van der Waals surface area (Å²) < 4.78 is 0. The zero-order chi connectivity index (χ0) is 25.8. The number of nitrogens with one attached hydrogen (secondary N) is 2. The Morgan fingerprint density at radius 2 is 1.64 bits per heavy atom.